The van der Waals surface area contributed by atoms with Gasteiger partial charge in [0.2, 0.25) is 0 Å². The van der Waals surface area contributed by atoms with Crippen molar-refractivity contribution in [3.8, 4) is 0 Å². The fourth-order valence-electron chi connectivity index (χ4n) is 1.05. The van der Waals surface area contributed by atoms with Crippen molar-refractivity contribution in [1.82, 2.24) is 15.0 Å². The minimum absolute atomic E-state index is 0.122. The summed E-state index contributed by atoms with van der Waals surface area (Å²) in [5.74, 6) is 0.405. The van der Waals surface area contributed by atoms with E-state index >= 15 is 0 Å². The molecule has 0 fully saturated rings. The van der Waals surface area contributed by atoms with Crippen molar-refractivity contribution >= 4 is 5.78 Å². The molecule has 0 aliphatic rings. The molecule has 13 heavy (non-hydrogen) atoms. The summed E-state index contributed by atoms with van der Waals surface area (Å²) in [7, 11) is 1.82. The Hall–Kier alpha value is -1.19. The van der Waals surface area contributed by atoms with Crippen LogP contribution in [0, 0.1) is 5.92 Å². The van der Waals surface area contributed by atoms with Crippen LogP contribution in [0.3, 0.4) is 0 Å². The second-order valence-corrected chi connectivity index (χ2v) is 3.50. The molecule has 1 rings (SSSR count). The van der Waals surface area contributed by atoms with Crippen LogP contribution in [0.25, 0.3) is 0 Å². The molecule has 4 heteroatoms. The molecule has 0 atom stereocenters. The second-order valence-electron chi connectivity index (χ2n) is 3.50. The van der Waals surface area contributed by atoms with Gasteiger partial charge in [-0.1, -0.05) is 19.1 Å². The normalized spacial score (nSPS) is 10.8. The van der Waals surface area contributed by atoms with Gasteiger partial charge in [-0.2, -0.15) is 0 Å². The number of carbonyl (C=O) groups is 1. The van der Waals surface area contributed by atoms with Gasteiger partial charge in [-0.3, -0.25) is 9.48 Å². The molecule has 0 N–H and O–H groups in total. The van der Waals surface area contributed by atoms with Crippen LogP contribution in [0.5, 0.6) is 0 Å². The predicted octanol–water partition coefficient (Wildman–Crippen LogP) is 0.973. The van der Waals surface area contributed by atoms with Crippen molar-refractivity contribution < 1.29 is 4.79 Å². The highest BCUT2D eigenvalue weighted by Gasteiger charge is 2.08. The maximum atomic E-state index is 11.3. The second kappa shape index (κ2) is 4.16. The summed E-state index contributed by atoms with van der Waals surface area (Å²) in [6, 6.07) is 0. The molecule has 0 aliphatic carbocycles. The molecule has 0 saturated carbocycles. The van der Waals surface area contributed by atoms with E-state index in [2.05, 4.69) is 10.3 Å². The van der Waals surface area contributed by atoms with Crippen LogP contribution in [-0.4, -0.2) is 20.8 Å². The number of hydrogen-bond donors (Lipinski definition) is 0. The molecule has 4 nitrogen and oxygen atoms in total. The number of hydrogen-bond acceptors (Lipinski definition) is 3. The van der Waals surface area contributed by atoms with Gasteiger partial charge < -0.3 is 0 Å². The first-order valence-corrected chi connectivity index (χ1v) is 4.47. The third-order valence-corrected chi connectivity index (χ3v) is 1.92. The Labute approximate surface area is 77.9 Å². The summed E-state index contributed by atoms with van der Waals surface area (Å²) in [4.78, 5) is 11.3. The largest absolute Gasteiger partial charge is 0.299 e. The molecule has 0 spiro atoms. The first kappa shape index (κ1) is 9.89. The Bertz CT molecular complexity index is 291. The van der Waals surface area contributed by atoms with E-state index in [4.69, 9.17) is 0 Å². The lowest BCUT2D eigenvalue weighted by Gasteiger charge is -2.00. The van der Waals surface area contributed by atoms with Gasteiger partial charge in [0.1, 0.15) is 5.78 Å². The predicted molar refractivity (Wildman–Crippen MR) is 49.2 cm³/mol. The van der Waals surface area contributed by atoms with Gasteiger partial charge in [0.25, 0.3) is 0 Å². The molecular weight excluding hydrogens is 166 g/mol. The summed E-state index contributed by atoms with van der Waals surface area (Å²) in [6.07, 6.45) is 3.11. The molecule has 1 aromatic heterocycles. The lowest BCUT2D eigenvalue weighted by atomic mass is 10.0. The summed E-state index contributed by atoms with van der Waals surface area (Å²) in [5.41, 5.74) is 0.886. The van der Waals surface area contributed by atoms with Crippen molar-refractivity contribution in [1.29, 1.82) is 0 Å². The quantitative estimate of drug-likeness (QED) is 0.695. The minimum Gasteiger partial charge on any atom is -0.299 e. The van der Waals surface area contributed by atoms with Gasteiger partial charge in [0.15, 0.2) is 0 Å². The topological polar surface area (TPSA) is 47.8 Å². The Balaban J connectivity index is 2.39. The lowest BCUT2D eigenvalue weighted by Crippen LogP contribution is -2.07. The van der Waals surface area contributed by atoms with Crippen molar-refractivity contribution in [3.63, 3.8) is 0 Å². The Morgan fingerprint density at radius 2 is 2.31 bits per heavy atom. The van der Waals surface area contributed by atoms with E-state index in [0.29, 0.717) is 12.8 Å². The minimum atomic E-state index is 0.122. The van der Waals surface area contributed by atoms with Crippen molar-refractivity contribution in [2.75, 3.05) is 0 Å². The first-order valence-electron chi connectivity index (χ1n) is 4.47. The van der Waals surface area contributed by atoms with Gasteiger partial charge >= 0.3 is 0 Å². The molecule has 0 saturated heterocycles. The average Bonchev–Trinajstić information content (AvgIpc) is 2.47. The molecule has 0 unspecified atom stereocenters. The highest BCUT2D eigenvalue weighted by Crippen LogP contribution is 2.03. The van der Waals surface area contributed by atoms with E-state index in [1.165, 1.54) is 0 Å². The van der Waals surface area contributed by atoms with Crippen LogP contribution >= 0.6 is 0 Å². The zero-order valence-electron chi connectivity index (χ0n) is 8.32. The highest BCUT2D eigenvalue weighted by atomic mass is 16.1. The summed E-state index contributed by atoms with van der Waals surface area (Å²) >= 11 is 0. The highest BCUT2D eigenvalue weighted by molar-refractivity contribution is 5.80. The zero-order valence-corrected chi connectivity index (χ0v) is 8.32. The fraction of sp³-hybridized carbons (Fsp3) is 0.667. The number of aryl methyl sites for hydroxylation is 2. The number of rotatable bonds is 4. The Morgan fingerprint density at radius 1 is 1.62 bits per heavy atom. The molecule has 0 radical (unpaired) electrons. The fourth-order valence-corrected chi connectivity index (χ4v) is 1.05. The average molecular weight is 181 g/mol. The van der Waals surface area contributed by atoms with Crippen LogP contribution in [0.4, 0.5) is 0 Å². The summed E-state index contributed by atoms with van der Waals surface area (Å²) < 4.78 is 1.65. The smallest absolute Gasteiger partial charge is 0.135 e. The summed E-state index contributed by atoms with van der Waals surface area (Å²) in [5, 5.41) is 7.70. The zero-order chi connectivity index (χ0) is 9.84. The molecule has 0 aliphatic heterocycles. The summed E-state index contributed by atoms with van der Waals surface area (Å²) in [6.45, 7) is 3.83. The lowest BCUT2D eigenvalue weighted by molar-refractivity contribution is -0.121. The third-order valence-electron chi connectivity index (χ3n) is 1.92. The number of nitrogens with zero attached hydrogens (tertiary/aromatic N) is 3. The number of aromatic nitrogens is 3. The number of carbonyl (C=O) groups excluding carboxylic acids is 1. The van der Waals surface area contributed by atoms with Crippen LogP contribution in [0.1, 0.15) is 26.0 Å². The number of Topliss-reactive ketones (excluding diaryl/α,β-unsaturated/α-hetero) is 1. The maximum absolute atomic E-state index is 11.3. The molecule has 1 aromatic rings. The monoisotopic (exact) mass is 181 g/mol. The molecular formula is C9H15N3O. The van der Waals surface area contributed by atoms with Crippen LogP contribution in [0.2, 0.25) is 0 Å². The van der Waals surface area contributed by atoms with Gasteiger partial charge in [0.05, 0.1) is 5.69 Å². The van der Waals surface area contributed by atoms with Crippen LogP contribution < -0.4 is 0 Å². The van der Waals surface area contributed by atoms with E-state index in [9.17, 15) is 4.79 Å². The first-order chi connectivity index (χ1) is 6.09. The van der Waals surface area contributed by atoms with Gasteiger partial charge in [0, 0.05) is 32.0 Å². The standard InChI is InChI=1S/C9H15N3O/c1-7(2)9(13)5-4-8-6-12(3)11-10-8/h6-7H,4-5H2,1-3H3. The van der Waals surface area contributed by atoms with Gasteiger partial charge in [-0.05, 0) is 0 Å². The number of ketones is 1. The molecule has 1 heterocycles. The maximum Gasteiger partial charge on any atom is 0.135 e. The molecule has 0 aromatic carbocycles. The molecule has 72 valence electrons. The Morgan fingerprint density at radius 3 is 2.77 bits per heavy atom. The Kier molecular flexibility index (Phi) is 3.17. The third kappa shape index (κ3) is 2.97. The van der Waals surface area contributed by atoms with Crippen molar-refractivity contribution in [3.05, 3.63) is 11.9 Å². The van der Waals surface area contributed by atoms with Crippen LogP contribution in [0.15, 0.2) is 6.20 Å². The SMILES string of the molecule is CC(C)C(=O)CCc1cn(C)nn1. The van der Waals surface area contributed by atoms with Crippen molar-refractivity contribution in [2.45, 2.75) is 26.7 Å². The van der Waals surface area contributed by atoms with E-state index in [0.717, 1.165) is 5.69 Å². The van der Waals surface area contributed by atoms with Crippen molar-refractivity contribution in [2.24, 2.45) is 13.0 Å². The van der Waals surface area contributed by atoms with E-state index in [-0.39, 0.29) is 11.7 Å². The van der Waals surface area contributed by atoms with Gasteiger partial charge in [-0.25, -0.2) is 0 Å². The molecule has 0 amide bonds. The van der Waals surface area contributed by atoms with Crippen LogP contribution in [-0.2, 0) is 18.3 Å². The van der Waals surface area contributed by atoms with Gasteiger partial charge in [-0.15, -0.1) is 5.10 Å². The molecule has 0 bridgehead atoms. The van der Waals surface area contributed by atoms with E-state index < -0.39 is 0 Å². The van der Waals surface area contributed by atoms with E-state index in [1.807, 2.05) is 27.1 Å². The van der Waals surface area contributed by atoms with E-state index in [1.54, 1.807) is 4.68 Å².